The molecule has 0 rings (SSSR count). The van der Waals surface area contributed by atoms with Crippen LogP contribution in [0, 0.1) is 0 Å². The third-order valence-corrected chi connectivity index (χ3v) is 2.67. The minimum atomic E-state index is -0.415. The van der Waals surface area contributed by atoms with Crippen LogP contribution in [0.1, 0.15) is 0 Å². The predicted molar refractivity (Wildman–Crippen MR) is 85.5 cm³/mol. The first-order valence-corrected chi connectivity index (χ1v) is 7.13. The average molecular weight is 301 g/mol. The number of likely N-dealkylation sites (N-methyl/N-ethyl adjacent to an activating group) is 3. The van der Waals surface area contributed by atoms with Gasteiger partial charge in [0.1, 0.15) is 6.10 Å². The van der Waals surface area contributed by atoms with Crippen molar-refractivity contribution in [2.24, 2.45) is 0 Å². The third kappa shape index (κ3) is 11.4. The van der Waals surface area contributed by atoms with Gasteiger partial charge in [0.25, 0.3) is 0 Å². The molecule has 6 nitrogen and oxygen atoms in total. The number of rotatable bonds is 11. The van der Waals surface area contributed by atoms with Gasteiger partial charge in [-0.1, -0.05) is 6.58 Å². The van der Waals surface area contributed by atoms with Gasteiger partial charge in [-0.3, -0.25) is 0 Å². The first kappa shape index (κ1) is 20.1. The molecule has 0 N–H and O–H groups in total. The summed E-state index contributed by atoms with van der Waals surface area (Å²) in [5, 5.41) is 0. The predicted octanol–water partition coefficient (Wildman–Crippen LogP) is 0.154. The van der Waals surface area contributed by atoms with Crippen LogP contribution in [0.5, 0.6) is 0 Å². The summed E-state index contributed by atoms with van der Waals surface area (Å²) >= 11 is 0. The van der Waals surface area contributed by atoms with Crippen molar-refractivity contribution in [1.82, 2.24) is 14.7 Å². The van der Waals surface area contributed by atoms with E-state index in [2.05, 4.69) is 16.4 Å². The van der Waals surface area contributed by atoms with E-state index in [1.807, 2.05) is 47.2 Å². The SMILES string of the molecule is C=CC(=O)OC(COC(CN(C)C)CN(C)C)CN(C)C. The summed E-state index contributed by atoms with van der Waals surface area (Å²) in [6.07, 6.45) is 0.958. The monoisotopic (exact) mass is 301 g/mol. The second kappa shape index (κ2) is 10.7. The maximum Gasteiger partial charge on any atom is 0.330 e. The van der Waals surface area contributed by atoms with Gasteiger partial charge in [-0.25, -0.2) is 4.79 Å². The van der Waals surface area contributed by atoms with Gasteiger partial charge < -0.3 is 24.2 Å². The molecule has 0 aromatic rings. The molecular formula is C15H31N3O3. The van der Waals surface area contributed by atoms with E-state index in [1.165, 1.54) is 6.08 Å². The van der Waals surface area contributed by atoms with Crippen LogP contribution in [0.3, 0.4) is 0 Å². The molecule has 0 aliphatic heterocycles. The lowest BCUT2D eigenvalue weighted by Gasteiger charge is -2.27. The molecule has 0 saturated carbocycles. The van der Waals surface area contributed by atoms with Crippen molar-refractivity contribution in [1.29, 1.82) is 0 Å². The molecular weight excluding hydrogens is 270 g/mol. The molecule has 0 amide bonds. The van der Waals surface area contributed by atoms with Crippen LogP contribution in [0.4, 0.5) is 0 Å². The van der Waals surface area contributed by atoms with Crippen molar-refractivity contribution in [3.8, 4) is 0 Å². The second-order valence-electron chi connectivity index (χ2n) is 6.01. The lowest BCUT2D eigenvalue weighted by atomic mass is 10.3. The largest absolute Gasteiger partial charge is 0.455 e. The lowest BCUT2D eigenvalue weighted by Crippen LogP contribution is -2.41. The molecule has 0 saturated heterocycles. The Morgan fingerprint density at radius 2 is 1.38 bits per heavy atom. The number of nitrogens with zero attached hydrogens (tertiary/aromatic N) is 3. The number of ether oxygens (including phenoxy) is 2. The van der Waals surface area contributed by atoms with E-state index in [9.17, 15) is 4.79 Å². The lowest BCUT2D eigenvalue weighted by molar-refractivity contribution is -0.148. The molecule has 1 unspecified atom stereocenters. The maximum atomic E-state index is 11.4. The summed E-state index contributed by atoms with van der Waals surface area (Å²) in [6.45, 7) is 6.07. The number of hydrogen-bond acceptors (Lipinski definition) is 6. The minimum absolute atomic E-state index is 0.0714. The van der Waals surface area contributed by atoms with Gasteiger partial charge >= 0.3 is 5.97 Å². The second-order valence-corrected chi connectivity index (χ2v) is 6.01. The molecule has 124 valence electrons. The smallest absolute Gasteiger partial charge is 0.330 e. The molecule has 6 heteroatoms. The highest BCUT2D eigenvalue weighted by Crippen LogP contribution is 2.03. The molecule has 0 spiro atoms. The minimum Gasteiger partial charge on any atom is -0.455 e. The van der Waals surface area contributed by atoms with E-state index < -0.39 is 5.97 Å². The van der Waals surface area contributed by atoms with E-state index in [4.69, 9.17) is 9.47 Å². The fraction of sp³-hybridized carbons (Fsp3) is 0.800. The Kier molecular flexibility index (Phi) is 10.2. The highest BCUT2D eigenvalue weighted by atomic mass is 16.6. The van der Waals surface area contributed by atoms with Crippen molar-refractivity contribution in [2.75, 3.05) is 68.5 Å². The first-order valence-electron chi connectivity index (χ1n) is 7.13. The van der Waals surface area contributed by atoms with Crippen molar-refractivity contribution < 1.29 is 14.3 Å². The fourth-order valence-corrected chi connectivity index (χ4v) is 1.96. The van der Waals surface area contributed by atoms with Crippen LogP contribution < -0.4 is 0 Å². The Bertz CT molecular complexity index is 297. The van der Waals surface area contributed by atoms with Crippen LogP contribution in [0.2, 0.25) is 0 Å². The van der Waals surface area contributed by atoms with Crippen molar-refractivity contribution in [3.05, 3.63) is 12.7 Å². The molecule has 0 bridgehead atoms. The summed E-state index contributed by atoms with van der Waals surface area (Å²) in [5.41, 5.74) is 0. The third-order valence-electron chi connectivity index (χ3n) is 2.67. The molecule has 0 aliphatic carbocycles. The number of carbonyl (C=O) groups excluding carboxylic acids is 1. The topological polar surface area (TPSA) is 45.3 Å². The van der Waals surface area contributed by atoms with Gasteiger partial charge in [0.2, 0.25) is 0 Å². The fourth-order valence-electron chi connectivity index (χ4n) is 1.96. The Hall–Kier alpha value is -0.950. The van der Waals surface area contributed by atoms with Crippen molar-refractivity contribution in [3.63, 3.8) is 0 Å². The van der Waals surface area contributed by atoms with Gasteiger partial charge in [0, 0.05) is 25.7 Å². The van der Waals surface area contributed by atoms with Crippen LogP contribution in [0.15, 0.2) is 12.7 Å². The summed E-state index contributed by atoms with van der Waals surface area (Å²) in [6, 6.07) is 0. The highest BCUT2D eigenvalue weighted by molar-refractivity contribution is 5.81. The molecule has 0 aromatic carbocycles. The highest BCUT2D eigenvalue weighted by Gasteiger charge is 2.18. The number of carbonyl (C=O) groups is 1. The summed E-state index contributed by atoms with van der Waals surface area (Å²) in [5.74, 6) is -0.415. The molecule has 0 fully saturated rings. The van der Waals surface area contributed by atoms with Gasteiger partial charge in [0.05, 0.1) is 12.7 Å². The molecule has 0 aliphatic rings. The van der Waals surface area contributed by atoms with E-state index in [0.29, 0.717) is 13.2 Å². The molecule has 0 radical (unpaired) electrons. The van der Waals surface area contributed by atoms with Crippen LogP contribution >= 0.6 is 0 Å². The quantitative estimate of drug-likeness (QED) is 0.400. The zero-order valence-corrected chi connectivity index (χ0v) is 14.3. The molecule has 21 heavy (non-hydrogen) atoms. The summed E-state index contributed by atoms with van der Waals surface area (Å²) in [4.78, 5) is 17.5. The Morgan fingerprint density at radius 3 is 1.76 bits per heavy atom. The Morgan fingerprint density at radius 1 is 0.952 bits per heavy atom. The standard InChI is InChI=1S/C15H31N3O3/c1-8-15(19)21-14(11-18(6)7)12-20-13(9-16(2)3)10-17(4)5/h8,13-14H,1,9-12H2,2-7H3. The van der Waals surface area contributed by atoms with E-state index in [-0.39, 0.29) is 12.2 Å². The van der Waals surface area contributed by atoms with E-state index >= 15 is 0 Å². The zero-order chi connectivity index (χ0) is 16.4. The van der Waals surface area contributed by atoms with Crippen molar-refractivity contribution in [2.45, 2.75) is 12.2 Å². The van der Waals surface area contributed by atoms with Crippen LogP contribution in [-0.2, 0) is 14.3 Å². The first-order chi connectivity index (χ1) is 9.74. The maximum absolute atomic E-state index is 11.4. The Balaban J connectivity index is 4.49. The van der Waals surface area contributed by atoms with Crippen molar-refractivity contribution >= 4 is 5.97 Å². The Labute approximate surface area is 129 Å². The zero-order valence-electron chi connectivity index (χ0n) is 14.3. The normalized spacial score (nSPS) is 13.2. The van der Waals surface area contributed by atoms with Crippen LogP contribution in [0.25, 0.3) is 0 Å². The van der Waals surface area contributed by atoms with E-state index in [1.54, 1.807) is 0 Å². The summed E-state index contributed by atoms with van der Waals surface area (Å²) in [7, 11) is 11.9. The van der Waals surface area contributed by atoms with Crippen LogP contribution in [-0.4, -0.2) is 101 Å². The van der Waals surface area contributed by atoms with Gasteiger partial charge in [0.15, 0.2) is 0 Å². The molecule has 1 atom stereocenters. The van der Waals surface area contributed by atoms with Gasteiger partial charge in [-0.05, 0) is 42.3 Å². The van der Waals surface area contributed by atoms with Gasteiger partial charge in [-0.15, -0.1) is 0 Å². The number of hydrogen-bond donors (Lipinski definition) is 0. The molecule has 0 aromatic heterocycles. The van der Waals surface area contributed by atoms with Gasteiger partial charge in [-0.2, -0.15) is 0 Å². The summed E-state index contributed by atoms with van der Waals surface area (Å²) < 4.78 is 11.3. The molecule has 0 heterocycles. The van der Waals surface area contributed by atoms with E-state index in [0.717, 1.165) is 13.1 Å². The average Bonchev–Trinajstić information content (AvgIpc) is 2.33. The number of esters is 1.